The smallest absolute Gasteiger partial charge is 0.158 e. The van der Waals surface area contributed by atoms with Gasteiger partial charge in [-0.05, 0) is 19.8 Å². The number of hydrogen-bond donors (Lipinski definition) is 1. The summed E-state index contributed by atoms with van der Waals surface area (Å²) in [5, 5.41) is 0. The van der Waals surface area contributed by atoms with Crippen LogP contribution in [0.25, 0.3) is 0 Å². The fraction of sp³-hybridized carbons (Fsp3) is 0.714. The first-order valence-electron chi connectivity index (χ1n) is 7.46. The highest BCUT2D eigenvalue weighted by atomic mass is 16.5. The van der Waals surface area contributed by atoms with E-state index in [1.807, 2.05) is 13.0 Å². The topological polar surface area (TPSA) is 67.5 Å². The molecule has 0 atom stereocenters. The quantitative estimate of drug-likeness (QED) is 0.862. The van der Waals surface area contributed by atoms with Crippen LogP contribution in [0.2, 0.25) is 0 Å². The van der Waals surface area contributed by atoms with Crippen molar-refractivity contribution in [3.8, 4) is 0 Å². The van der Waals surface area contributed by atoms with E-state index in [2.05, 4.69) is 19.8 Å². The molecule has 0 radical (unpaired) electrons. The summed E-state index contributed by atoms with van der Waals surface area (Å²) < 4.78 is 5.37. The van der Waals surface area contributed by atoms with Crippen LogP contribution in [0.3, 0.4) is 0 Å². The lowest BCUT2D eigenvalue weighted by Crippen LogP contribution is -2.47. The number of nitrogens with zero attached hydrogens (tertiary/aromatic N) is 4. The van der Waals surface area contributed by atoms with Crippen molar-refractivity contribution in [1.82, 2.24) is 14.9 Å². The zero-order valence-electron chi connectivity index (χ0n) is 12.1. The Hall–Kier alpha value is -1.40. The standard InChI is InChI=1S/C14H23N5O/c1-2-20-10-13-16-12(15)9-14(17-13)19-7-5-18(6-8-19)11-3-4-11/h9,11H,2-8,10H2,1H3,(H2,15,16,17). The summed E-state index contributed by atoms with van der Waals surface area (Å²) in [4.78, 5) is 13.7. The first kappa shape index (κ1) is 13.6. The van der Waals surface area contributed by atoms with Gasteiger partial charge in [-0.2, -0.15) is 0 Å². The molecule has 0 bridgehead atoms. The second kappa shape index (κ2) is 5.93. The van der Waals surface area contributed by atoms with Gasteiger partial charge < -0.3 is 15.4 Å². The molecule has 2 N–H and O–H groups in total. The molecule has 0 unspecified atom stereocenters. The highest BCUT2D eigenvalue weighted by molar-refractivity contribution is 5.47. The van der Waals surface area contributed by atoms with E-state index >= 15 is 0 Å². The number of rotatable bonds is 5. The second-order valence-electron chi connectivity index (χ2n) is 5.46. The third kappa shape index (κ3) is 3.19. The molecule has 0 aromatic carbocycles. The Morgan fingerprint density at radius 2 is 2.00 bits per heavy atom. The van der Waals surface area contributed by atoms with Gasteiger partial charge in [-0.25, -0.2) is 9.97 Å². The third-order valence-electron chi connectivity index (χ3n) is 3.92. The highest BCUT2D eigenvalue weighted by Gasteiger charge is 2.31. The Morgan fingerprint density at radius 3 is 2.65 bits per heavy atom. The summed E-state index contributed by atoms with van der Waals surface area (Å²) in [5.74, 6) is 2.13. The lowest BCUT2D eigenvalue weighted by molar-refractivity contribution is 0.128. The van der Waals surface area contributed by atoms with Crippen LogP contribution in [0.4, 0.5) is 11.6 Å². The number of nitrogens with two attached hydrogens (primary N) is 1. The summed E-state index contributed by atoms with van der Waals surface area (Å²) >= 11 is 0. The number of aromatic nitrogens is 2. The molecule has 1 aromatic heterocycles. The minimum atomic E-state index is 0.427. The molecule has 2 heterocycles. The molecule has 1 aromatic rings. The van der Waals surface area contributed by atoms with Crippen LogP contribution in [-0.4, -0.2) is 53.7 Å². The molecule has 1 aliphatic heterocycles. The van der Waals surface area contributed by atoms with Gasteiger partial charge in [0.2, 0.25) is 0 Å². The number of nitrogen functional groups attached to an aromatic ring is 1. The van der Waals surface area contributed by atoms with Crippen molar-refractivity contribution in [3.05, 3.63) is 11.9 Å². The van der Waals surface area contributed by atoms with E-state index in [9.17, 15) is 0 Å². The summed E-state index contributed by atoms with van der Waals surface area (Å²) in [6, 6.07) is 2.71. The van der Waals surface area contributed by atoms with E-state index in [4.69, 9.17) is 10.5 Å². The van der Waals surface area contributed by atoms with Gasteiger partial charge in [0.1, 0.15) is 18.2 Å². The van der Waals surface area contributed by atoms with E-state index in [1.54, 1.807) is 0 Å². The van der Waals surface area contributed by atoms with Gasteiger partial charge in [-0.1, -0.05) is 0 Å². The monoisotopic (exact) mass is 277 g/mol. The van der Waals surface area contributed by atoms with Gasteiger partial charge in [-0.15, -0.1) is 0 Å². The van der Waals surface area contributed by atoms with Gasteiger partial charge in [0.15, 0.2) is 5.82 Å². The molecule has 2 fully saturated rings. The molecule has 0 amide bonds. The molecule has 1 aliphatic carbocycles. The minimum absolute atomic E-state index is 0.427. The molecule has 6 heteroatoms. The van der Waals surface area contributed by atoms with Crippen LogP contribution < -0.4 is 10.6 Å². The Balaban J connectivity index is 1.65. The molecular weight excluding hydrogens is 254 g/mol. The fourth-order valence-corrected chi connectivity index (χ4v) is 2.68. The maximum Gasteiger partial charge on any atom is 0.158 e. The summed E-state index contributed by atoms with van der Waals surface area (Å²) in [6.07, 6.45) is 2.75. The van der Waals surface area contributed by atoms with Crippen molar-refractivity contribution in [2.75, 3.05) is 43.4 Å². The third-order valence-corrected chi connectivity index (χ3v) is 3.92. The number of piperazine rings is 1. The zero-order chi connectivity index (χ0) is 13.9. The van der Waals surface area contributed by atoms with E-state index in [0.29, 0.717) is 24.9 Å². The lowest BCUT2D eigenvalue weighted by Gasteiger charge is -2.35. The minimum Gasteiger partial charge on any atom is -0.384 e. The van der Waals surface area contributed by atoms with E-state index in [0.717, 1.165) is 38.0 Å². The largest absolute Gasteiger partial charge is 0.384 e. The summed E-state index contributed by atoms with van der Waals surface area (Å²) in [5.41, 5.74) is 5.88. The Labute approximate surface area is 119 Å². The van der Waals surface area contributed by atoms with E-state index in [1.165, 1.54) is 12.8 Å². The maximum absolute atomic E-state index is 5.88. The van der Waals surface area contributed by atoms with Crippen molar-refractivity contribution >= 4 is 11.6 Å². The summed E-state index contributed by atoms with van der Waals surface area (Å²) in [7, 11) is 0. The average Bonchev–Trinajstić information content (AvgIpc) is 3.29. The predicted molar refractivity (Wildman–Crippen MR) is 78.6 cm³/mol. The molecular formula is C14H23N5O. The molecule has 3 rings (SSSR count). The van der Waals surface area contributed by atoms with Crippen molar-refractivity contribution in [2.45, 2.75) is 32.4 Å². The second-order valence-corrected chi connectivity index (χ2v) is 5.46. The fourth-order valence-electron chi connectivity index (χ4n) is 2.68. The highest BCUT2D eigenvalue weighted by Crippen LogP contribution is 2.28. The van der Waals surface area contributed by atoms with E-state index in [-0.39, 0.29) is 0 Å². The lowest BCUT2D eigenvalue weighted by atomic mass is 10.3. The molecule has 1 saturated heterocycles. The summed E-state index contributed by atoms with van der Waals surface area (Å²) in [6.45, 7) is 7.32. The molecule has 1 saturated carbocycles. The van der Waals surface area contributed by atoms with Gasteiger partial charge >= 0.3 is 0 Å². The van der Waals surface area contributed by atoms with Crippen LogP contribution in [0.5, 0.6) is 0 Å². The van der Waals surface area contributed by atoms with Crippen LogP contribution in [0.15, 0.2) is 6.07 Å². The van der Waals surface area contributed by atoms with Gasteiger partial charge in [-0.3, -0.25) is 4.90 Å². The Bertz CT molecular complexity index is 455. The van der Waals surface area contributed by atoms with Crippen molar-refractivity contribution in [1.29, 1.82) is 0 Å². The normalized spacial score (nSPS) is 20.4. The van der Waals surface area contributed by atoms with Crippen molar-refractivity contribution in [2.24, 2.45) is 0 Å². The molecule has 110 valence electrons. The molecule has 2 aliphatic rings. The number of anilines is 2. The molecule has 0 spiro atoms. The zero-order valence-corrected chi connectivity index (χ0v) is 12.1. The van der Waals surface area contributed by atoms with Crippen LogP contribution in [0, 0.1) is 0 Å². The Kier molecular flexibility index (Phi) is 4.03. The molecule has 20 heavy (non-hydrogen) atoms. The average molecular weight is 277 g/mol. The van der Waals surface area contributed by atoms with Gasteiger partial charge in [0, 0.05) is 44.9 Å². The first-order valence-corrected chi connectivity index (χ1v) is 7.46. The number of ether oxygens (including phenoxy) is 1. The van der Waals surface area contributed by atoms with Crippen molar-refractivity contribution < 1.29 is 4.74 Å². The molecule has 6 nitrogen and oxygen atoms in total. The van der Waals surface area contributed by atoms with E-state index < -0.39 is 0 Å². The first-order chi connectivity index (χ1) is 9.76. The van der Waals surface area contributed by atoms with Gasteiger partial charge in [0.05, 0.1) is 0 Å². The van der Waals surface area contributed by atoms with Crippen molar-refractivity contribution in [3.63, 3.8) is 0 Å². The Morgan fingerprint density at radius 1 is 1.25 bits per heavy atom. The predicted octanol–water partition coefficient (Wildman–Crippen LogP) is 0.880. The SMILES string of the molecule is CCOCc1nc(N)cc(N2CCN(C3CC3)CC2)n1. The van der Waals surface area contributed by atoms with Crippen LogP contribution in [0.1, 0.15) is 25.6 Å². The van der Waals surface area contributed by atoms with Crippen LogP contribution >= 0.6 is 0 Å². The van der Waals surface area contributed by atoms with Crippen LogP contribution in [-0.2, 0) is 11.3 Å². The number of hydrogen-bond acceptors (Lipinski definition) is 6. The maximum atomic E-state index is 5.88. The van der Waals surface area contributed by atoms with Gasteiger partial charge in [0.25, 0.3) is 0 Å².